The summed E-state index contributed by atoms with van der Waals surface area (Å²) in [6, 6.07) is 6.93. The average Bonchev–Trinajstić information content (AvgIpc) is 3.47. The molecule has 0 aliphatic heterocycles. The second-order valence-corrected chi connectivity index (χ2v) is 6.40. The Morgan fingerprint density at radius 2 is 1.78 bits per heavy atom. The number of amides is 2. The van der Waals surface area contributed by atoms with Crippen LogP contribution in [-0.2, 0) is 4.79 Å². The predicted molar refractivity (Wildman–Crippen MR) is 119 cm³/mol. The molecule has 1 fully saturated rings. The number of nitrogens with one attached hydrogen (secondary N) is 4. The summed E-state index contributed by atoms with van der Waals surface area (Å²) >= 11 is 6.00. The Balaban J connectivity index is 0.00000364. The van der Waals surface area contributed by atoms with E-state index in [1.807, 2.05) is 6.92 Å². The molecule has 9 heteroatoms. The maximum atomic E-state index is 12.1. The van der Waals surface area contributed by atoms with Gasteiger partial charge in [-0.1, -0.05) is 23.7 Å². The number of carbonyl (C=O) groups is 2. The van der Waals surface area contributed by atoms with Gasteiger partial charge in [-0.15, -0.1) is 24.0 Å². The van der Waals surface area contributed by atoms with Gasteiger partial charge in [0, 0.05) is 32.1 Å². The molecule has 7 nitrogen and oxygen atoms in total. The number of rotatable bonds is 9. The molecule has 0 atom stereocenters. The molecule has 0 heterocycles. The zero-order valence-corrected chi connectivity index (χ0v) is 18.5. The van der Waals surface area contributed by atoms with Gasteiger partial charge in [-0.3, -0.25) is 14.6 Å². The van der Waals surface area contributed by atoms with Crippen molar-refractivity contribution >= 4 is 53.4 Å². The number of carbonyl (C=O) groups excluding carboxylic acids is 2. The van der Waals surface area contributed by atoms with E-state index in [2.05, 4.69) is 26.3 Å². The van der Waals surface area contributed by atoms with Gasteiger partial charge >= 0.3 is 0 Å². The minimum absolute atomic E-state index is 0. The Bertz CT molecular complexity index is 652. The van der Waals surface area contributed by atoms with Crippen molar-refractivity contribution in [1.82, 2.24) is 21.3 Å². The third kappa shape index (κ3) is 8.79. The fourth-order valence-electron chi connectivity index (χ4n) is 2.28. The van der Waals surface area contributed by atoms with Crippen molar-refractivity contribution < 1.29 is 9.59 Å². The van der Waals surface area contributed by atoms with E-state index in [-0.39, 0.29) is 41.7 Å². The van der Waals surface area contributed by atoms with Crippen LogP contribution in [-0.4, -0.2) is 50.5 Å². The summed E-state index contributed by atoms with van der Waals surface area (Å²) in [6.45, 7) is 4.69. The van der Waals surface area contributed by atoms with Crippen molar-refractivity contribution in [2.24, 2.45) is 10.9 Å². The monoisotopic (exact) mass is 507 g/mol. The van der Waals surface area contributed by atoms with Crippen LogP contribution >= 0.6 is 35.6 Å². The van der Waals surface area contributed by atoms with Crippen LogP contribution in [0.2, 0.25) is 5.02 Å². The van der Waals surface area contributed by atoms with Crippen LogP contribution in [0.5, 0.6) is 0 Å². The quantitative estimate of drug-likeness (QED) is 0.177. The summed E-state index contributed by atoms with van der Waals surface area (Å²) < 4.78 is 0. The molecule has 1 saturated carbocycles. The number of hydrogen-bond donors (Lipinski definition) is 4. The molecule has 150 valence electrons. The summed E-state index contributed by atoms with van der Waals surface area (Å²) in [5.74, 6) is 0.787. The fourth-order valence-corrected chi connectivity index (χ4v) is 2.50. The van der Waals surface area contributed by atoms with Gasteiger partial charge in [0.05, 0.1) is 17.1 Å². The first-order valence-corrected chi connectivity index (χ1v) is 9.32. The lowest BCUT2D eigenvalue weighted by Crippen LogP contribution is -2.42. The summed E-state index contributed by atoms with van der Waals surface area (Å²) in [5, 5.41) is 12.4. The third-order valence-corrected chi connectivity index (χ3v) is 4.12. The SMILES string of the molecule is CCNC(=NCCNC(=O)C1CC1)NCCNC(=O)c1ccccc1Cl.I. The molecule has 1 aromatic carbocycles. The first-order chi connectivity index (χ1) is 12.6. The molecule has 0 saturated heterocycles. The first kappa shape index (κ1) is 23.5. The van der Waals surface area contributed by atoms with E-state index in [0.717, 1.165) is 19.4 Å². The zero-order valence-electron chi connectivity index (χ0n) is 15.4. The molecular weight excluding hydrogens is 481 g/mol. The Labute approximate surface area is 182 Å². The van der Waals surface area contributed by atoms with Crippen molar-refractivity contribution in [3.63, 3.8) is 0 Å². The molecule has 2 amide bonds. The summed E-state index contributed by atoms with van der Waals surface area (Å²) in [7, 11) is 0. The van der Waals surface area contributed by atoms with Gasteiger partial charge in [0.2, 0.25) is 5.91 Å². The van der Waals surface area contributed by atoms with E-state index < -0.39 is 0 Å². The van der Waals surface area contributed by atoms with Crippen LogP contribution in [0, 0.1) is 5.92 Å². The molecule has 0 radical (unpaired) electrons. The van der Waals surface area contributed by atoms with E-state index in [1.165, 1.54) is 0 Å². The van der Waals surface area contributed by atoms with Gasteiger partial charge in [-0.25, -0.2) is 0 Å². The van der Waals surface area contributed by atoms with Gasteiger partial charge in [0.25, 0.3) is 5.91 Å². The van der Waals surface area contributed by atoms with Gasteiger partial charge in [-0.05, 0) is 31.9 Å². The number of hydrogen-bond acceptors (Lipinski definition) is 3. The van der Waals surface area contributed by atoms with Crippen LogP contribution in [0.3, 0.4) is 0 Å². The summed E-state index contributed by atoms with van der Waals surface area (Å²) in [4.78, 5) is 28.0. The maximum Gasteiger partial charge on any atom is 0.252 e. The molecule has 4 N–H and O–H groups in total. The predicted octanol–water partition coefficient (Wildman–Crippen LogP) is 1.77. The van der Waals surface area contributed by atoms with Crippen LogP contribution < -0.4 is 21.3 Å². The minimum Gasteiger partial charge on any atom is -0.357 e. The van der Waals surface area contributed by atoms with Gasteiger partial charge in [0.15, 0.2) is 5.96 Å². The van der Waals surface area contributed by atoms with Crippen LogP contribution in [0.4, 0.5) is 0 Å². The molecule has 0 spiro atoms. The van der Waals surface area contributed by atoms with Crippen molar-refractivity contribution in [1.29, 1.82) is 0 Å². The smallest absolute Gasteiger partial charge is 0.252 e. The molecule has 0 aromatic heterocycles. The van der Waals surface area contributed by atoms with Gasteiger partial charge < -0.3 is 21.3 Å². The molecule has 0 bridgehead atoms. The molecule has 0 unspecified atom stereocenters. The van der Waals surface area contributed by atoms with E-state index in [1.54, 1.807) is 24.3 Å². The lowest BCUT2D eigenvalue weighted by molar-refractivity contribution is -0.122. The maximum absolute atomic E-state index is 12.1. The van der Waals surface area contributed by atoms with E-state index in [4.69, 9.17) is 11.6 Å². The minimum atomic E-state index is -0.206. The highest BCUT2D eigenvalue weighted by molar-refractivity contribution is 14.0. The molecule has 1 aromatic rings. The molecule has 1 aliphatic rings. The van der Waals surface area contributed by atoms with Gasteiger partial charge in [-0.2, -0.15) is 0 Å². The lowest BCUT2D eigenvalue weighted by atomic mass is 10.2. The summed E-state index contributed by atoms with van der Waals surface area (Å²) in [5.41, 5.74) is 0.459. The van der Waals surface area contributed by atoms with E-state index >= 15 is 0 Å². The highest BCUT2D eigenvalue weighted by Gasteiger charge is 2.28. The van der Waals surface area contributed by atoms with Crippen LogP contribution in [0.15, 0.2) is 29.3 Å². The van der Waals surface area contributed by atoms with E-state index in [0.29, 0.717) is 42.7 Å². The number of nitrogens with zero attached hydrogens (tertiary/aromatic N) is 1. The molecular formula is C18H27ClIN5O2. The second-order valence-electron chi connectivity index (χ2n) is 5.99. The number of halogens is 2. The van der Waals surface area contributed by atoms with E-state index in [9.17, 15) is 9.59 Å². The van der Waals surface area contributed by atoms with Crippen molar-refractivity contribution in [2.45, 2.75) is 19.8 Å². The number of benzene rings is 1. The zero-order chi connectivity index (χ0) is 18.8. The van der Waals surface area contributed by atoms with Crippen molar-refractivity contribution in [3.05, 3.63) is 34.9 Å². The topological polar surface area (TPSA) is 94.6 Å². The highest BCUT2D eigenvalue weighted by Crippen LogP contribution is 2.28. The van der Waals surface area contributed by atoms with Crippen molar-refractivity contribution in [3.8, 4) is 0 Å². The standard InChI is InChI=1S/C18H26ClN5O2.HI/c1-2-20-18(23-11-9-21-16(25)13-7-8-13)24-12-10-22-17(26)14-5-3-4-6-15(14)19;/h3-6,13H,2,7-12H2,1H3,(H,21,25)(H,22,26)(H2,20,23,24);1H. The largest absolute Gasteiger partial charge is 0.357 e. The highest BCUT2D eigenvalue weighted by atomic mass is 127. The Kier molecular flexibility index (Phi) is 11.1. The number of aliphatic imine (C=N–C) groups is 1. The number of guanidine groups is 1. The third-order valence-electron chi connectivity index (χ3n) is 3.79. The summed E-state index contributed by atoms with van der Waals surface area (Å²) in [6.07, 6.45) is 2.00. The normalized spacial score (nSPS) is 13.3. The van der Waals surface area contributed by atoms with Crippen LogP contribution in [0.1, 0.15) is 30.1 Å². The molecule has 27 heavy (non-hydrogen) atoms. The lowest BCUT2D eigenvalue weighted by Gasteiger charge is -2.12. The van der Waals surface area contributed by atoms with Gasteiger partial charge in [0.1, 0.15) is 0 Å². The van der Waals surface area contributed by atoms with Crippen LogP contribution in [0.25, 0.3) is 0 Å². The molecule has 1 aliphatic carbocycles. The average molecular weight is 508 g/mol. The first-order valence-electron chi connectivity index (χ1n) is 8.94. The van der Waals surface area contributed by atoms with Crippen molar-refractivity contribution in [2.75, 3.05) is 32.7 Å². The fraction of sp³-hybridized carbons (Fsp3) is 0.500. The second kappa shape index (κ2) is 12.8. The Morgan fingerprint density at radius 1 is 1.07 bits per heavy atom. The Hall–Kier alpha value is -1.55. The molecule has 2 rings (SSSR count). The Morgan fingerprint density at radius 3 is 2.44 bits per heavy atom.